The Morgan fingerprint density at radius 2 is 2.15 bits per heavy atom. The van der Waals surface area contributed by atoms with Gasteiger partial charge in [-0.15, -0.1) is 0 Å². The maximum absolute atomic E-state index is 10.7. The molecule has 1 rings (SSSR count). The van der Waals surface area contributed by atoms with Gasteiger partial charge in [0.1, 0.15) is 12.0 Å². The van der Waals surface area contributed by atoms with Gasteiger partial charge in [0, 0.05) is 11.5 Å². The van der Waals surface area contributed by atoms with Crippen molar-refractivity contribution in [1.82, 2.24) is 0 Å². The molecule has 0 saturated carbocycles. The second-order valence-corrected chi connectivity index (χ2v) is 3.12. The molecule has 0 bridgehead atoms. The number of rotatable bonds is 3. The number of carbonyl (C=O) groups is 1. The smallest absolute Gasteiger partial charge is 0.127 e. The van der Waals surface area contributed by atoms with E-state index in [1.807, 2.05) is 32.0 Å². The van der Waals surface area contributed by atoms with Gasteiger partial charge in [-0.1, -0.05) is 19.1 Å². The van der Waals surface area contributed by atoms with Crippen molar-refractivity contribution in [3.8, 4) is 5.75 Å². The minimum Gasteiger partial charge on any atom is -0.496 e. The van der Waals surface area contributed by atoms with Gasteiger partial charge in [0.15, 0.2) is 0 Å². The summed E-state index contributed by atoms with van der Waals surface area (Å²) in [6, 6.07) is 5.79. The number of aryl methyl sites for hydroxylation is 1. The Morgan fingerprint density at radius 1 is 1.46 bits per heavy atom. The standard InChI is InChI=1S/C11H14O2/c1-8-5-4-6-10(13-3)11(8)9(2)7-12/h4-7,9H,1-3H3. The maximum atomic E-state index is 10.7. The van der Waals surface area contributed by atoms with Crippen molar-refractivity contribution in [2.75, 3.05) is 7.11 Å². The number of ether oxygens (including phenoxy) is 1. The van der Waals surface area contributed by atoms with Gasteiger partial charge in [-0.2, -0.15) is 0 Å². The summed E-state index contributed by atoms with van der Waals surface area (Å²) < 4.78 is 5.19. The first-order valence-corrected chi connectivity index (χ1v) is 4.29. The SMILES string of the molecule is COc1cccc(C)c1C(C)C=O. The molecular formula is C11H14O2. The Labute approximate surface area is 78.5 Å². The lowest BCUT2D eigenvalue weighted by molar-refractivity contribution is -0.108. The highest BCUT2D eigenvalue weighted by molar-refractivity contribution is 5.65. The summed E-state index contributed by atoms with van der Waals surface area (Å²) in [7, 11) is 1.62. The monoisotopic (exact) mass is 178 g/mol. The molecule has 0 aliphatic rings. The minimum absolute atomic E-state index is 0.101. The fourth-order valence-corrected chi connectivity index (χ4v) is 1.48. The first-order chi connectivity index (χ1) is 6.20. The summed E-state index contributed by atoms with van der Waals surface area (Å²) in [5.74, 6) is 0.691. The minimum atomic E-state index is -0.101. The molecule has 0 aromatic heterocycles. The van der Waals surface area contributed by atoms with E-state index in [2.05, 4.69) is 0 Å². The van der Waals surface area contributed by atoms with E-state index >= 15 is 0 Å². The van der Waals surface area contributed by atoms with E-state index in [9.17, 15) is 4.79 Å². The van der Waals surface area contributed by atoms with Crippen LogP contribution in [-0.4, -0.2) is 13.4 Å². The van der Waals surface area contributed by atoms with E-state index in [-0.39, 0.29) is 5.92 Å². The number of hydrogen-bond acceptors (Lipinski definition) is 2. The molecule has 2 heteroatoms. The Kier molecular flexibility index (Phi) is 3.07. The van der Waals surface area contributed by atoms with E-state index in [0.29, 0.717) is 0 Å². The average molecular weight is 178 g/mol. The third-order valence-electron chi connectivity index (χ3n) is 2.16. The van der Waals surface area contributed by atoms with Crippen LogP contribution in [0.4, 0.5) is 0 Å². The molecule has 0 saturated heterocycles. The van der Waals surface area contributed by atoms with Gasteiger partial charge in [-0.3, -0.25) is 0 Å². The van der Waals surface area contributed by atoms with Crippen molar-refractivity contribution in [3.05, 3.63) is 29.3 Å². The number of hydrogen-bond donors (Lipinski definition) is 0. The molecule has 1 aromatic carbocycles. The van der Waals surface area contributed by atoms with Gasteiger partial charge in [0.05, 0.1) is 7.11 Å². The molecule has 0 radical (unpaired) electrons. The Balaban J connectivity index is 3.22. The normalized spacial score (nSPS) is 12.2. The van der Waals surface area contributed by atoms with Gasteiger partial charge in [0.2, 0.25) is 0 Å². The zero-order valence-electron chi connectivity index (χ0n) is 8.20. The molecule has 1 unspecified atom stereocenters. The molecule has 1 atom stereocenters. The summed E-state index contributed by atoms with van der Waals surface area (Å²) >= 11 is 0. The van der Waals surface area contributed by atoms with Crippen molar-refractivity contribution in [3.63, 3.8) is 0 Å². The summed E-state index contributed by atoms with van der Waals surface area (Å²) in [5.41, 5.74) is 2.08. The predicted molar refractivity (Wildman–Crippen MR) is 52.2 cm³/mol. The zero-order chi connectivity index (χ0) is 9.84. The van der Waals surface area contributed by atoms with Crippen LogP contribution in [0.3, 0.4) is 0 Å². The maximum Gasteiger partial charge on any atom is 0.127 e. The van der Waals surface area contributed by atoms with Crippen LogP contribution < -0.4 is 4.74 Å². The molecule has 70 valence electrons. The Bertz CT molecular complexity index is 305. The van der Waals surface area contributed by atoms with E-state index in [0.717, 1.165) is 23.2 Å². The van der Waals surface area contributed by atoms with Crippen LogP contribution in [-0.2, 0) is 4.79 Å². The van der Waals surface area contributed by atoms with Crippen LogP contribution in [0, 0.1) is 6.92 Å². The Morgan fingerprint density at radius 3 is 2.69 bits per heavy atom. The highest BCUT2D eigenvalue weighted by atomic mass is 16.5. The predicted octanol–water partition coefficient (Wildman–Crippen LogP) is 2.31. The van der Waals surface area contributed by atoms with Gasteiger partial charge >= 0.3 is 0 Å². The molecule has 0 aliphatic heterocycles. The average Bonchev–Trinajstić information content (AvgIpc) is 2.16. The Hall–Kier alpha value is -1.31. The summed E-state index contributed by atoms with van der Waals surface area (Å²) in [6.07, 6.45) is 0.935. The molecule has 0 N–H and O–H groups in total. The molecule has 2 nitrogen and oxygen atoms in total. The molecule has 0 aliphatic carbocycles. The lowest BCUT2D eigenvalue weighted by atomic mass is 9.97. The van der Waals surface area contributed by atoms with Gasteiger partial charge in [-0.05, 0) is 18.6 Å². The molecular weight excluding hydrogens is 164 g/mol. The zero-order valence-corrected chi connectivity index (χ0v) is 8.20. The first-order valence-electron chi connectivity index (χ1n) is 4.29. The largest absolute Gasteiger partial charge is 0.496 e. The van der Waals surface area contributed by atoms with Crippen molar-refractivity contribution >= 4 is 6.29 Å². The van der Waals surface area contributed by atoms with E-state index in [1.54, 1.807) is 7.11 Å². The third kappa shape index (κ3) is 1.89. The van der Waals surface area contributed by atoms with Crippen molar-refractivity contribution < 1.29 is 9.53 Å². The second kappa shape index (κ2) is 4.08. The van der Waals surface area contributed by atoms with Gasteiger partial charge in [0.25, 0.3) is 0 Å². The third-order valence-corrected chi connectivity index (χ3v) is 2.16. The van der Waals surface area contributed by atoms with Crippen LogP contribution in [0.1, 0.15) is 24.0 Å². The van der Waals surface area contributed by atoms with Crippen LogP contribution in [0.25, 0.3) is 0 Å². The van der Waals surface area contributed by atoms with Crippen LogP contribution >= 0.6 is 0 Å². The van der Waals surface area contributed by atoms with Crippen LogP contribution in [0.5, 0.6) is 5.75 Å². The lowest BCUT2D eigenvalue weighted by Gasteiger charge is -2.13. The number of aldehydes is 1. The summed E-state index contributed by atoms with van der Waals surface area (Å²) in [4.78, 5) is 10.7. The molecule has 0 heterocycles. The summed E-state index contributed by atoms with van der Waals surface area (Å²) in [6.45, 7) is 3.86. The fraction of sp³-hybridized carbons (Fsp3) is 0.364. The van der Waals surface area contributed by atoms with E-state index < -0.39 is 0 Å². The summed E-state index contributed by atoms with van der Waals surface area (Å²) in [5, 5.41) is 0. The second-order valence-electron chi connectivity index (χ2n) is 3.12. The first kappa shape index (κ1) is 9.78. The number of benzene rings is 1. The molecule has 0 spiro atoms. The van der Waals surface area contributed by atoms with Gasteiger partial charge < -0.3 is 9.53 Å². The quantitative estimate of drug-likeness (QED) is 0.664. The lowest BCUT2D eigenvalue weighted by Crippen LogP contribution is -2.01. The highest BCUT2D eigenvalue weighted by Gasteiger charge is 2.12. The van der Waals surface area contributed by atoms with Crippen molar-refractivity contribution in [2.24, 2.45) is 0 Å². The van der Waals surface area contributed by atoms with Crippen molar-refractivity contribution in [2.45, 2.75) is 19.8 Å². The molecule has 0 amide bonds. The molecule has 13 heavy (non-hydrogen) atoms. The van der Waals surface area contributed by atoms with E-state index in [4.69, 9.17) is 4.74 Å². The topological polar surface area (TPSA) is 26.3 Å². The van der Waals surface area contributed by atoms with Crippen molar-refractivity contribution in [1.29, 1.82) is 0 Å². The molecule has 0 fully saturated rings. The van der Waals surface area contributed by atoms with Gasteiger partial charge in [-0.25, -0.2) is 0 Å². The van der Waals surface area contributed by atoms with Crippen LogP contribution in [0.15, 0.2) is 18.2 Å². The molecule has 1 aromatic rings. The fourth-order valence-electron chi connectivity index (χ4n) is 1.48. The van der Waals surface area contributed by atoms with E-state index in [1.165, 1.54) is 0 Å². The van der Waals surface area contributed by atoms with Crippen LogP contribution in [0.2, 0.25) is 0 Å². The highest BCUT2D eigenvalue weighted by Crippen LogP contribution is 2.28. The number of carbonyl (C=O) groups excluding carboxylic acids is 1. The number of methoxy groups -OCH3 is 1.